The number of unbranched alkanes of at least 4 members (excludes halogenated alkanes) is 1. The minimum absolute atomic E-state index is 0.00758. The number of aliphatic hydroxyl groups is 1. The number of carbonyl (C=O) groups is 4. The van der Waals surface area contributed by atoms with Gasteiger partial charge in [0.25, 0.3) is 0 Å². The Kier molecular flexibility index (Phi) is 18.2. The summed E-state index contributed by atoms with van der Waals surface area (Å²) in [4.78, 5) is 61.5. The van der Waals surface area contributed by atoms with Crippen LogP contribution in [0.25, 0.3) is 0 Å². The molecular weight excluding hydrogens is 707 g/mol. The Morgan fingerprint density at radius 1 is 1.00 bits per heavy atom. The van der Waals surface area contributed by atoms with Gasteiger partial charge in [-0.1, -0.05) is 71.4 Å². The third-order valence-corrected chi connectivity index (χ3v) is 11.5. The van der Waals surface area contributed by atoms with E-state index in [0.717, 1.165) is 44.1 Å². The molecule has 4 rings (SSSR count). The van der Waals surface area contributed by atoms with E-state index >= 15 is 0 Å². The summed E-state index contributed by atoms with van der Waals surface area (Å²) in [5, 5.41) is 22.8. The van der Waals surface area contributed by atoms with Crippen molar-refractivity contribution < 1.29 is 33.8 Å². The van der Waals surface area contributed by atoms with E-state index in [4.69, 9.17) is 9.47 Å². The van der Waals surface area contributed by atoms with Crippen LogP contribution in [0, 0.1) is 23.7 Å². The van der Waals surface area contributed by atoms with Crippen LogP contribution in [-0.2, 0) is 36.8 Å². The van der Waals surface area contributed by atoms with Gasteiger partial charge in [-0.05, 0) is 55.2 Å². The number of thiazole rings is 1. The van der Waals surface area contributed by atoms with E-state index in [1.54, 1.807) is 17.5 Å². The number of rotatable bonds is 21. The number of nitrogens with zero attached hydrogens (tertiary/aromatic N) is 2. The lowest BCUT2D eigenvalue weighted by molar-refractivity contribution is -0.140. The van der Waals surface area contributed by atoms with Crippen molar-refractivity contribution in [1.29, 1.82) is 0 Å². The molecule has 2 aliphatic rings. The molecule has 0 unspecified atom stereocenters. The summed E-state index contributed by atoms with van der Waals surface area (Å²) in [6.45, 7) is 8.46. The van der Waals surface area contributed by atoms with Crippen molar-refractivity contribution in [2.24, 2.45) is 23.7 Å². The minimum atomic E-state index is -1.00. The predicted molar refractivity (Wildman–Crippen MR) is 210 cm³/mol. The lowest BCUT2D eigenvalue weighted by Crippen LogP contribution is -2.55. The molecule has 12 nitrogen and oxygen atoms in total. The van der Waals surface area contributed by atoms with Gasteiger partial charge in [0.15, 0.2) is 0 Å². The number of aliphatic hydroxyl groups excluding tert-OH is 1. The molecule has 1 saturated heterocycles. The molecule has 1 aromatic heterocycles. The van der Waals surface area contributed by atoms with E-state index in [9.17, 15) is 24.3 Å². The Morgan fingerprint density at radius 2 is 1.72 bits per heavy atom. The van der Waals surface area contributed by atoms with Crippen LogP contribution in [0.4, 0.5) is 0 Å². The number of hydrogen-bond acceptors (Lipinski definition) is 9. The first-order chi connectivity index (χ1) is 26.1. The van der Waals surface area contributed by atoms with Crippen molar-refractivity contribution >= 4 is 35.0 Å². The third-order valence-electron chi connectivity index (χ3n) is 10.9. The second-order valence-electron chi connectivity index (χ2n) is 15.3. The van der Waals surface area contributed by atoms with E-state index in [0.29, 0.717) is 56.6 Å². The molecule has 300 valence electrons. The fourth-order valence-corrected chi connectivity index (χ4v) is 8.08. The number of hydrogen-bond donors (Lipinski definition) is 4. The first-order valence-corrected chi connectivity index (χ1v) is 20.9. The molecule has 5 atom stereocenters. The van der Waals surface area contributed by atoms with Crippen LogP contribution in [0.3, 0.4) is 0 Å². The number of morpholine rings is 1. The fourth-order valence-electron chi connectivity index (χ4n) is 7.51. The number of nitrogens with one attached hydrogen (secondary N) is 3. The second-order valence-corrected chi connectivity index (χ2v) is 16.1. The van der Waals surface area contributed by atoms with Crippen molar-refractivity contribution in [2.75, 3.05) is 40.0 Å². The highest BCUT2D eigenvalue weighted by molar-refractivity contribution is 7.07. The van der Waals surface area contributed by atoms with Gasteiger partial charge < -0.3 is 35.4 Å². The Bertz CT molecular complexity index is 1430. The van der Waals surface area contributed by atoms with Crippen molar-refractivity contribution in [3.8, 4) is 5.75 Å². The van der Waals surface area contributed by atoms with Crippen LogP contribution in [0.2, 0.25) is 0 Å². The van der Waals surface area contributed by atoms with E-state index in [1.807, 2.05) is 43.5 Å². The van der Waals surface area contributed by atoms with Gasteiger partial charge in [-0.25, -0.2) is 4.98 Å². The highest BCUT2D eigenvalue weighted by Gasteiger charge is 2.35. The topological polar surface area (TPSA) is 159 Å². The van der Waals surface area contributed by atoms with Crippen molar-refractivity contribution in [3.63, 3.8) is 0 Å². The van der Waals surface area contributed by atoms with Crippen LogP contribution >= 0.6 is 11.3 Å². The lowest BCUT2D eigenvalue weighted by Gasteiger charge is -2.33. The summed E-state index contributed by atoms with van der Waals surface area (Å²) in [6.07, 6.45) is 7.53. The van der Waals surface area contributed by atoms with Gasteiger partial charge in [0, 0.05) is 43.8 Å². The van der Waals surface area contributed by atoms with E-state index < -0.39 is 41.8 Å². The van der Waals surface area contributed by atoms with E-state index in [1.165, 1.54) is 17.8 Å². The van der Waals surface area contributed by atoms with Gasteiger partial charge in [0.05, 0.1) is 49.6 Å². The van der Waals surface area contributed by atoms with Crippen molar-refractivity contribution in [3.05, 3.63) is 46.4 Å². The van der Waals surface area contributed by atoms with Gasteiger partial charge in [-0.2, -0.15) is 0 Å². The molecule has 4 N–H and O–H groups in total. The van der Waals surface area contributed by atoms with E-state index in [-0.39, 0.29) is 43.4 Å². The summed E-state index contributed by atoms with van der Waals surface area (Å²) in [6, 6.07) is 5.79. The molecule has 4 amide bonds. The Hall–Kier alpha value is -3.55. The maximum Gasteiger partial charge on any atom is 0.243 e. The number of aromatic nitrogens is 1. The molecule has 1 saturated carbocycles. The highest BCUT2D eigenvalue weighted by Crippen LogP contribution is 2.30. The van der Waals surface area contributed by atoms with Gasteiger partial charge in [-0.15, -0.1) is 11.3 Å². The fraction of sp³-hybridized carbons (Fsp3) is 0.683. The van der Waals surface area contributed by atoms with Crippen molar-refractivity contribution in [1.82, 2.24) is 25.8 Å². The molecule has 2 fully saturated rings. The number of carbonyl (C=O) groups excluding carboxylic acids is 4. The maximum absolute atomic E-state index is 14.4. The van der Waals surface area contributed by atoms with Gasteiger partial charge in [0.1, 0.15) is 11.8 Å². The number of benzene rings is 1. The summed E-state index contributed by atoms with van der Waals surface area (Å²) in [5.74, 6) is -1.20. The quantitative estimate of drug-likeness (QED) is 0.133. The van der Waals surface area contributed by atoms with Crippen molar-refractivity contribution in [2.45, 2.75) is 116 Å². The van der Waals surface area contributed by atoms with Crippen LogP contribution in [-0.4, -0.2) is 96.8 Å². The lowest BCUT2D eigenvalue weighted by atomic mass is 9.81. The number of amides is 4. The molecule has 54 heavy (non-hydrogen) atoms. The third kappa shape index (κ3) is 13.9. The van der Waals surface area contributed by atoms with E-state index in [2.05, 4.69) is 27.9 Å². The largest absolute Gasteiger partial charge is 0.497 e. The highest BCUT2D eigenvalue weighted by atomic mass is 32.1. The Balaban J connectivity index is 1.56. The standard InChI is InChI=1S/C41H63N5O7S/c1-5-6-16-42-40(50)34(28(2)3)25-37(47)35(22-29-10-8-7-9-11-29)44-41(51)36(24-32-26-54-27-43-32)45-39(49)31(21-30-12-14-33(52-4)15-13-30)23-38(48)46-17-19-53-20-18-46/h12-15,26-29,31,34-37,47H,5-11,16-25H2,1-4H3,(H,42,50)(H,44,51)(H,45,49)/t31-,34+,35+,36+,37+/m1/s1. The molecule has 13 heteroatoms. The first-order valence-electron chi connectivity index (χ1n) is 20.0. The molecular formula is C41H63N5O7S. The van der Waals surface area contributed by atoms with Crippen LogP contribution in [0.15, 0.2) is 35.2 Å². The van der Waals surface area contributed by atoms with Gasteiger partial charge in [-0.3, -0.25) is 19.2 Å². The SMILES string of the molecule is CCCCNC(=O)[C@@H](C[C@H](O)[C@H](CC1CCCCC1)NC(=O)[C@H](Cc1cscn1)NC(=O)[C@@H](CC(=O)N1CCOCC1)Cc1ccc(OC)cc1)C(C)C. The summed E-state index contributed by atoms with van der Waals surface area (Å²) < 4.78 is 10.8. The molecule has 2 heterocycles. The second kappa shape index (κ2) is 22.7. The average molecular weight is 770 g/mol. The minimum Gasteiger partial charge on any atom is -0.497 e. The summed E-state index contributed by atoms with van der Waals surface area (Å²) in [5.41, 5.74) is 3.21. The zero-order chi connectivity index (χ0) is 38.9. The molecule has 0 bridgehead atoms. The Labute approximate surface area is 325 Å². The molecule has 1 aromatic carbocycles. The maximum atomic E-state index is 14.4. The summed E-state index contributed by atoms with van der Waals surface area (Å²) >= 11 is 1.40. The van der Waals surface area contributed by atoms with Gasteiger partial charge >= 0.3 is 0 Å². The molecule has 0 radical (unpaired) electrons. The smallest absolute Gasteiger partial charge is 0.243 e. The normalized spacial score (nSPS) is 17.9. The Morgan fingerprint density at radius 3 is 2.35 bits per heavy atom. The zero-order valence-corrected chi connectivity index (χ0v) is 33.5. The van der Waals surface area contributed by atoms with Crippen LogP contribution in [0.5, 0.6) is 5.75 Å². The molecule has 0 spiro atoms. The van der Waals surface area contributed by atoms with Gasteiger partial charge in [0.2, 0.25) is 23.6 Å². The zero-order valence-electron chi connectivity index (χ0n) is 32.7. The molecule has 2 aromatic rings. The molecule has 1 aliphatic heterocycles. The summed E-state index contributed by atoms with van der Waals surface area (Å²) in [7, 11) is 1.59. The molecule has 1 aliphatic carbocycles. The van der Waals surface area contributed by atoms with Crippen LogP contribution in [0.1, 0.15) is 96.2 Å². The predicted octanol–water partition coefficient (Wildman–Crippen LogP) is 4.68. The average Bonchev–Trinajstić information content (AvgIpc) is 3.70. The number of ether oxygens (including phenoxy) is 2. The monoisotopic (exact) mass is 769 g/mol. The first kappa shape index (κ1) is 43.2. The van der Waals surface area contributed by atoms with Crippen LogP contribution < -0.4 is 20.7 Å². The number of methoxy groups -OCH3 is 1.